The van der Waals surface area contributed by atoms with E-state index in [1.807, 2.05) is 20.0 Å². The Morgan fingerprint density at radius 3 is 2.80 bits per heavy atom. The largest absolute Gasteiger partial charge is 0.493 e. The maximum absolute atomic E-state index is 6.03. The highest BCUT2D eigenvalue weighted by molar-refractivity contribution is 14.0. The first-order valence-corrected chi connectivity index (χ1v) is 11.1. The molecule has 2 aliphatic carbocycles. The number of rotatable bonds is 8. The van der Waals surface area contributed by atoms with Crippen LogP contribution in [0.5, 0.6) is 11.5 Å². The fraction of sp³-hybridized carbons (Fsp3) is 0.696. The molecule has 30 heavy (non-hydrogen) atoms. The molecule has 3 fully saturated rings. The zero-order chi connectivity index (χ0) is 20.3. The van der Waals surface area contributed by atoms with E-state index in [4.69, 9.17) is 14.2 Å². The second-order valence-electron chi connectivity index (χ2n) is 8.47. The van der Waals surface area contributed by atoms with Gasteiger partial charge in [-0.25, -0.2) is 0 Å². The van der Waals surface area contributed by atoms with Crippen LogP contribution in [0.4, 0.5) is 0 Å². The van der Waals surface area contributed by atoms with Crippen LogP contribution in [0.1, 0.15) is 44.6 Å². The number of hydrogen-bond donors (Lipinski definition) is 2. The van der Waals surface area contributed by atoms with E-state index in [2.05, 4.69) is 27.8 Å². The van der Waals surface area contributed by atoms with Gasteiger partial charge in [0, 0.05) is 37.6 Å². The molecule has 3 unspecified atom stereocenters. The lowest BCUT2D eigenvalue weighted by molar-refractivity contribution is -0.171. The van der Waals surface area contributed by atoms with Crippen LogP contribution in [0.15, 0.2) is 23.2 Å². The van der Waals surface area contributed by atoms with E-state index < -0.39 is 0 Å². The van der Waals surface area contributed by atoms with Crippen LogP contribution in [0.2, 0.25) is 0 Å². The van der Waals surface area contributed by atoms with E-state index in [0.717, 1.165) is 43.5 Å². The molecule has 1 heterocycles. The van der Waals surface area contributed by atoms with E-state index in [0.29, 0.717) is 30.1 Å². The van der Waals surface area contributed by atoms with Gasteiger partial charge in [-0.15, -0.1) is 24.0 Å². The van der Waals surface area contributed by atoms with Gasteiger partial charge in [-0.2, -0.15) is 0 Å². The standard InChI is InChI=1S/C23H35N3O3.HI/c1-4-28-19-15-16(8-9-18(19)27-3)7-5-13-25-22(24-2)26-20-17-10-14-29-21(17)23(20)11-6-12-23;/h8-9,15,17,20-21H,4-7,10-14H2,1-3H3,(H2,24,25,26);1H. The average molecular weight is 529 g/mol. The van der Waals surface area contributed by atoms with E-state index in [1.165, 1.54) is 31.2 Å². The van der Waals surface area contributed by atoms with E-state index in [-0.39, 0.29) is 24.0 Å². The number of ether oxygens (including phenoxy) is 3. The van der Waals surface area contributed by atoms with E-state index >= 15 is 0 Å². The number of aliphatic imine (C=N–C) groups is 1. The van der Waals surface area contributed by atoms with Gasteiger partial charge in [0.15, 0.2) is 17.5 Å². The summed E-state index contributed by atoms with van der Waals surface area (Å²) in [6.45, 7) is 4.44. The second-order valence-corrected chi connectivity index (χ2v) is 8.47. The zero-order valence-corrected chi connectivity index (χ0v) is 20.7. The molecule has 4 rings (SSSR count). The molecule has 0 radical (unpaired) electrons. The molecule has 2 N–H and O–H groups in total. The molecule has 1 spiro atoms. The highest BCUT2D eigenvalue weighted by Crippen LogP contribution is 2.62. The van der Waals surface area contributed by atoms with E-state index in [1.54, 1.807) is 7.11 Å². The van der Waals surface area contributed by atoms with Gasteiger partial charge in [0.05, 0.1) is 19.8 Å². The Morgan fingerprint density at radius 2 is 2.13 bits per heavy atom. The third-order valence-electron chi connectivity index (χ3n) is 7.01. The number of nitrogens with one attached hydrogen (secondary N) is 2. The summed E-state index contributed by atoms with van der Waals surface area (Å²) >= 11 is 0. The second kappa shape index (κ2) is 10.4. The molecule has 1 saturated heterocycles. The molecule has 0 bridgehead atoms. The van der Waals surface area contributed by atoms with Crippen molar-refractivity contribution in [1.29, 1.82) is 0 Å². The molecule has 0 aromatic heterocycles. The Kier molecular flexibility index (Phi) is 8.12. The normalized spacial score (nSPS) is 26.1. The fourth-order valence-corrected chi connectivity index (χ4v) is 5.44. The molecule has 6 nitrogen and oxygen atoms in total. The lowest BCUT2D eigenvalue weighted by Gasteiger charge is -2.63. The summed E-state index contributed by atoms with van der Waals surface area (Å²) in [4.78, 5) is 4.47. The molecule has 2 saturated carbocycles. The van der Waals surface area contributed by atoms with Crippen LogP contribution in [-0.4, -0.2) is 52.0 Å². The van der Waals surface area contributed by atoms with Crippen molar-refractivity contribution in [2.24, 2.45) is 16.3 Å². The number of aryl methyl sites for hydroxylation is 1. The lowest BCUT2D eigenvalue weighted by Crippen LogP contribution is -2.72. The first-order chi connectivity index (χ1) is 14.2. The van der Waals surface area contributed by atoms with Crippen LogP contribution in [-0.2, 0) is 11.2 Å². The Hall–Kier alpha value is -1.22. The van der Waals surface area contributed by atoms with Crippen LogP contribution in [0.25, 0.3) is 0 Å². The average Bonchev–Trinajstić information content (AvgIpc) is 3.11. The smallest absolute Gasteiger partial charge is 0.191 e. The first-order valence-electron chi connectivity index (χ1n) is 11.1. The number of fused-ring (bicyclic) bond motifs is 2. The van der Waals surface area contributed by atoms with Crippen molar-refractivity contribution in [3.05, 3.63) is 23.8 Å². The van der Waals surface area contributed by atoms with Crippen molar-refractivity contribution >= 4 is 29.9 Å². The lowest BCUT2D eigenvalue weighted by atomic mass is 9.46. The van der Waals surface area contributed by atoms with Gasteiger partial charge in [0.1, 0.15) is 0 Å². The predicted molar refractivity (Wildman–Crippen MR) is 130 cm³/mol. The van der Waals surface area contributed by atoms with Crippen molar-refractivity contribution in [3.63, 3.8) is 0 Å². The minimum Gasteiger partial charge on any atom is -0.493 e. The van der Waals surface area contributed by atoms with Gasteiger partial charge < -0.3 is 24.8 Å². The van der Waals surface area contributed by atoms with Crippen molar-refractivity contribution in [1.82, 2.24) is 10.6 Å². The van der Waals surface area contributed by atoms with Crippen LogP contribution in [0, 0.1) is 11.3 Å². The quantitative estimate of drug-likeness (QED) is 0.233. The van der Waals surface area contributed by atoms with Gasteiger partial charge in [0.25, 0.3) is 0 Å². The van der Waals surface area contributed by atoms with Gasteiger partial charge >= 0.3 is 0 Å². The number of hydrogen-bond acceptors (Lipinski definition) is 4. The summed E-state index contributed by atoms with van der Waals surface area (Å²) < 4.78 is 17.1. The molecule has 1 aliphatic heterocycles. The molecule has 3 aliphatic rings. The minimum absolute atomic E-state index is 0. The van der Waals surface area contributed by atoms with Gasteiger partial charge in [-0.05, 0) is 56.7 Å². The molecule has 1 aromatic rings. The Morgan fingerprint density at radius 1 is 1.30 bits per heavy atom. The first kappa shape index (κ1) is 23.4. The van der Waals surface area contributed by atoms with Gasteiger partial charge in [0.2, 0.25) is 0 Å². The van der Waals surface area contributed by atoms with E-state index in [9.17, 15) is 0 Å². The van der Waals surface area contributed by atoms with Crippen LogP contribution in [0.3, 0.4) is 0 Å². The molecule has 7 heteroatoms. The molecular formula is C23H36IN3O3. The summed E-state index contributed by atoms with van der Waals surface area (Å²) in [6, 6.07) is 6.71. The van der Waals surface area contributed by atoms with Crippen LogP contribution >= 0.6 is 24.0 Å². The molecule has 3 atom stereocenters. The third-order valence-corrected chi connectivity index (χ3v) is 7.01. The Balaban J connectivity index is 0.00000256. The molecular weight excluding hydrogens is 493 g/mol. The molecule has 1 aromatic carbocycles. The SMILES string of the molecule is CCOc1cc(CCCNC(=NC)NC2C3CCOC3C23CCC3)ccc1OC.I. The topological polar surface area (TPSA) is 64.1 Å². The third kappa shape index (κ3) is 4.38. The summed E-state index contributed by atoms with van der Waals surface area (Å²) in [5.74, 6) is 3.20. The zero-order valence-electron chi connectivity index (χ0n) is 18.4. The number of halogens is 1. The van der Waals surface area contributed by atoms with Crippen LogP contribution < -0.4 is 20.1 Å². The number of nitrogens with zero attached hydrogens (tertiary/aromatic N) is 1. The highest BCUT2D eigenvalue weighted by Gasteiger charge is 2.66. The van der Waals surface area contributed by atoms with Gasteiger partial charge in [-0.3, -0.25) is 4.99 Å². The number of methoxy groups -OCH3 is 1. The summed E-state index contributed by atoms with van der Waals surface area (Å²) in [5.41, 5.74) is 1.63. The maximum Gasteiger partial charge on any atom is 0.191 e. The fourth-order valence-electron chi connectivity index (χ4n) is 5.44. The number of benzene rings is 1. The summed E-state index contributed by atoms with van der Waals surface area (Å²) in [6.07, 6.45) is 7.61. The molecule has 0 amide bonds. The Labute approximate surface area is 197 Å². The van der Waals surface area contributed by atoms with Crippen molar-refractivity contribution < 1.29 is 14.2 Å². The highest BCUT2D eigenvalue weighted by atomic mass is 127. The summed E-state index contributed by atoms with van der Waals surface area (Å²) in [7, 11) is 3.54. The minimum atomic E-state index is 0. The van der Waals surface area contributed by atoms with Crippen molar-refractivity contribution in [3.8, 4) is 11.5 Å². The summed E-state index contributed by atoms with van der Waals surface area (Å²) in [5, 5.41) is 7.24. The monoisotopic (exact) mass is 529 g/mol. The maximum atomic E-state index is 6.03. The van der Waals surface area contributed by atoms with Gasteiger partial charge in [-0.1, -0.05) is 12.5 Å². The number of guanidine groups is 1. The Bertz CT molecular complexity index is 738. The molecule has 168 valence electrons. The van der Waals surface area contributed by atoms with Crippen molar-refractivity contribution in [2.45, 2.75) is 57.6 Å². The van der Waals surface area contributed by atoms with Crippen molar-refractivity contribution in [2.75, 3.05) is 33.9 Å². The predicted octanol–water partition coefficient (Wildman–Crippen LogP) is 3.77.